The van der Waals surface area contributed by atoms with Crippen LogP contribution in [0.3, 0.4) is 0 Å². The number of hydrogen-bond donors (Lipinski definition) is 3. The van der Waals surface area contributed by atoms with E-state index in [0.717, 1.165) is 21.6 Å². The molecular weight excluding hydrogens is 430 g/mol. The molecule has 0 radical (unpaired) electrons. The number of halogens is 3. The molecule has 28 heavy (non-hydrogen) atoms. The number of aromatic amines is 1. The van der Waals surface area contributed by atoms with Gasteiger partial charge in [-0.3, -0.25) is 5.10 Å². The van der Waals surface area contributed by atoms with Crippen molar-refractivity contribution in [3.8, 4) is 0 Å². The highest BCUT2D eigenvalue weighted by molar-refractivity contribution is 9.10. The van der Waals surface area contributed by atoms with E-state index in [1.54, 1.807) is 0 Å². The first-order valence-electron chi connectivity index (χ1n) is 8.42. The zero-order chi connectivity index (χ0) is 19.7. The Morgan fingerprint density at radius 1 is 1.07 bits per heavy atom. The highest BCUT2D eigenvalue weighted by Gasteiger charge is 2.11. The summed E-state index contributed by atoms with van der Waals surface area (Å²) in [6, 6.07) is 11.0. The van der Waals surface area contributed by atoms with Crippen LogP contribution in [0, 0.1) is 18.6 Å². The van der Waals surface area contributed by atoms with Crippen molar-refractivity contribution >= 4 is 44.4 Å². The number of hydrogen-bond acceptors (Lipinski definition) is 5. The summed E-state index contributed by atoms with van der Waals surface area (Å²) in [5.74, 6) is 0.251. The standard InChI is InChI=1S/C19H15BrF2N6/c1-10-6-17(28-27-10)25-18-14-5-3-12(20)7-16(14)24-19(26-18)23-9-11-2-4-13(21)8-15(11)22/h2-8H,9H2,1H3,(H3,23,24,25,26,27,28). The van der Waals surface area contributed by atoms with Crippen LogP contribution >= 0.6 is 15.9 Å². The molecule has 0 aliphatic carbocycles. The van der Waals surface area contributed by atoms with Crippen molar-refractivity contribution in [1.29, 1.82) is 0 Å². The fourth-order valence-electron chi connectivity index (χ4n) is 2.72. The van der Waals surface area contributed by atoms with Crippen molar-refractivity contribution in [2.24, 2.45) is 0 Å². The number of H-pyrrole nitrogens is 1. The molecule has 0 fully saturated rings. The summed E-state index contributed by atoms with van der Waals surface area (Å²) in [7, 11) is 0. The molecule has 0 saturated heterocycles. The minimum Gasteiger partial charge on any atom is -0.350 e. The first-order chi connectivity index (χ1) is 13.5. The molecule has 0 unspecified atom stereocenters. The Morgan fingerprint density at radius 3 is 2.68 bits per heavy atom. The summed E-state index contributed by atoms with van der Waals surface area (Å²) in [5.41, 5.74) is 1.92. The molecule has 6 nitrogen and oxygen atoms in total. The Labute approximate surface area is 167 Å². The summed E-state index contributed by atoms with van der Waals surface area (Å²) in [4.78, 5) is 8.99. The first kappa shape index (κ1) is 18.3. The maximum atomic E-state index is 13.9. The smallest absolute Gasteiger partial charge is 0.225 e. The normalized spacial score (nSPS) is 11.0. The average molecular weight is 445 g/mol. The van der Waals surface area contributed by atoms with Gasteiger partial charge in [0.15, 0.2) is 5.82 Å². The second kappa shape index (κ2) is 7.51. The van der Waals surface area contributed by atoms with Crippen LogP contribution in [0.2, 0.25) is 0 Å². The van der Waals surface area contributed by atoms with Crippen molar-refractivity contribution in [3.63, 3.8) is 0 Å². The van der Waals surface area contributed by atoms with Crippen LogP contribution in [0.25, 0.3) is 10.9 Å². The molecule has 4 rings (SSSR count). The molecule has 2 heterocycles. The quantitative estimate of drug-likeness (QED) is 0.401. The number of anilines is 3. The Bertz CT molecular complexity index is 1160. The van der Waals surface area contributed by atoms with Crippen LogP contribution in [0.4, 0.5) is 26.4 Å². The lowest BCUT2D eigenvalue weighted by molar-refractivity contribution is 0.574. The maximum Gasteiger partial charge on any atom is 0.225 e. The van der Waals surface area contributed by atoms with Crippen LogP contribution < -0.4 is 10.6 Å². The fraction of sp³-hybridized carbons (Fsp3) is 0.105. The topological polar surface area (TPSA) is 78.5 Å². The van der Waals surface area contributed by atoms with Crippen LogP contribution in [0.15, 0.2) is 46.9 Å². The van der Waals surface area contributed by atoms with Gasteiger partial charge in [-0.1, -0.05) is 22.0 Å². The predicted octanol–water partition coefficient (Wildman–Crippen LogP) is 5.06. The maximum absolute atomic E-state index is 13.9. The number of aromatic nitrogens is 4. The average Bonchev–Trinajstić information content (AvgIpc) is 3.05. The molecule has 9 heteroatoms. The molecule has 0 bridgehead atoms. The molecule has 0 saturated carbocycles. The van der Waals surface area contributed by atoms with Gasteiger partial charge in [-0.15, -0.1) is 0 Å². The van der Waals surface area contributed by atoms with E-state index in [9.17, 15) is 8.78 Å². The summed E-state index contributed by atoms with van der Waals surface area (Å²) < 4.78 is 27.8. The van der Waals surface area contributed by atoms with Gasteiger partial charge in [0.1, 0.15) is 17.5 Å². The molecule has 142 valence electrons. The third-order valence-electron chi connectivity index (χ3n) is 4.06. The molecule has 4 aromatic rings. The van der Waals surface area contributed by atoms with Crippen molar-refractivity contribution < 1.29 is 8.78 Å². The summed E-state index contributed by atoms with van der Waals surface area (Å²) in [5, 5.41) is 14.0. The number of rotatable bonds is 5. The molecule has 0 aliphatic heterocycles. The number of aryl methyl sites for hydroxylation is 1. The molecule has 2 aromatic heterocycles. The van der Waals surface area contributed by atoms with Crippen LogP contribution in [-0.4, -0.2) is 20.2 Å². The second-order valence-corrected chi connectivity index (χ2v) is 7.12. The molecule has 0 amide bonds. The van der Waals surface area contributed by atoms with Crippen molar-refractivity contribution in [1.82, 2.24) is 20.2 Å². The van der Waals surface area contributed by atoms with Gasteiger partial charge in [0.2, 0.25) is 5.95 Å². The monoisotopic (exact) mass is 444 g/mol. The molecule has 3 N–H and O–H groups in total. The molecule has 2 aromatic carbocycles. The summed E-state index contributed by atoms with van der Waals surface area (Å²) >= 11 is 3.44. The van der Waals surface area contributed by atoms with Gasteiger partial charge in [0.25, 0.3) is 0 Å². The van der Waals surface area contributed by atoms with E-state index in [4.69, 9.17) is 0 Å². The van der Waals surface area contributed by atoms with Gasteiger partial charge < -0.3 is 10.6 Å². The third kappa shape index (κ3) is 3.94. The number of benzene rings is 2. The summed E-state index contributed by atoms with van der Waals surface area (Å²) in [6.45, 7) is 2.02. The van der Waals surface area contributed by atoms with Gasteiger partial charge in [0, 0.05) is 39.8 Å². The molecule has 0 aliphatic rings. The van der Waals surface area contributed by atoms with Gasteiger partial charge in [-0.2, -0.15) is 10.1 Å². The SMILES string of the molecule is Cc1cc(Nc2nc(NCc3ccc(F)cc3F)nc3cc(Br)ccc23)n[nH]1. The lowest BCUT2D eigenvalue weighted by Gasteiger charge is -2.11. The zero-order valence-corrected chi connectivity index (χ0v) is 16.3. The fourth-order valence-corrected chi connectivity index (χ4v) is 3.07. The third-order valence-corrected chi connectivity index (χ3v) is 4.56. The first-order valence-corrected chi connectivity index (χ1v) is 9.21. The molecule has 0 atom stereocenters. The van der Waals surface area contributed by atoms with E-state index >= 15 is 0 Å². The van der Waals surface area contributed by atoms with Crippen molar-refractivity contribution in [2.45, 2.75) is 13.5 Å². The summed E-state index contributed by atoms with van der Waals surface area (Å²) in [6.07, 6.45) is 0. The van der Waals surface area contributed by atoms with Crippen molar-refractivity contribution in [3.05, 3.63) is 69.8 Å². The van der Waals surface area contributed by atoms with E-state index in [1.165, 1.54) is 12.1 Å². The lowest BCUT2D eigenvalue weighted by Crippen LogP contribution is -2.07. The van der Waals surface area contributed by atoms with Gasteiger partial charge in [0.05, 0.1) is 5.52 Å². The lowest BCUT2D eigenvalue weighted by atomic mass is 10.2. The second-order valence-electron chi connectivity index (χ2n) is 6.21. The van der Waals surface area contributed by atoms with E-state index in [0.29, 0.717) is 28.7 Å². The number of fused-ring (bicyclic) bond motifs is 1. The van der Waals surface area contributed by atoms with Crippen molar-refractivity contribution in [2.75, 3.05) is 10.6 Å². The number of nitrogens with one attached hydrogen (secondary N) is 3. The van der Waals surface area contributed by atoms with Gasteiger partial charge >= 0.3 is 0 Å². The molecule has 0 spiro atoms. The van der Waals surface area contributed by atoms with E-state index in [2.05, 4.69) is 46.7 Å². The van der Waals surface area contributed by atoms with Gasteiger partial charge in [-0.05, 0) is 31.2 Å². The highest BCUT2D eigenvalue weighted by atomic mass is 79.9. The van der Waals surface area contributed by atoms with E-state index in [1.807, 2.05) is 31.2 Å². The largest absolute Gasteiger partial charge is 0.350 e. The van der Waals surface area contributed by atoms with Crippen LogP contribution in [0.5, 0.6) is 0 Å². The highest BCUT2D eigenvalue weighted by Crippen LogP contribution is 2.27. The van der Waals surface area contributed by atoms with E-state index in [-0.39, 0.29) is 6.54 Å². The Morgan fingerprint density at radius 2 is 1.93 bits per heavy atom. The van der Waals surface area contributed by atoms with Crippen LogP contribution in [0.1, 0.15) is 11.3 Å². The number of nitrogens with zero attached hydrogens (tertiary/aromatic N) is 3. The zero-order valence-electron chi connectivity index (χ0n) is 14.7. The predicted molar refractivity (Wildman–Crippen MR) is 108 cm³/mol. The van der Waals surface area contributed by atoms with E-state index < -0.39 is 11.6 Å². The molecular formula is C19H15BrF2N6. The Hall–Kier alpha value is -3.07. The van der Waals surface area contributed by atoms with Gasteiger partial charge in [-0.25, -0.2) is 13.8 Å². The Kier molecular flexibility index (Phi) is 4.91. The minimum absolute atomic E-state index is 0.118. The minimum atomic E-state index is -0.624. The van der Waals surface area contributed by atoms with Crippen LogP contribution in [-0.2, 0) is 6.54 Å². The Balaban J connectivity index is 1.67.